The van der Waals surface area contributed by atoms with Gasteiger partial charge in [-0.3, -0.25) is 9.69 Å². The first kappa shape index (κ1) is 15.5. The fourth-order valence-electron chi connectivity index (χ4n) is 4.14. The van der Waals surface area contributed by atoms with Gasteiger partial charge in [0.15, 0.2) is 0 Å². The quantitative estimate of drug-likeness (QED) is 0.609. The molecule has 0 spiro atoms. The molecule has 1 saturated heterocycles. The van der Waals surface area contributed by atoms with Crippen molar-refractivity contribution in [2.45, 2.75) is 64.1 Å². The first-order valence-corrected chi connectivity index (χ1v) is 8.73. The Morgan fingerprint density at radius 1 is 1.23 bits per heavy atom. The van der Waals surface area contributed by atoms with Gasteiger partial charge in [0.1, 0.15) is 6.04 Å². The van der Waals surface area contributed by atoms with Crippen LogP contribution in [0.5, 0.6) is 0 Å². The van der Waals surface area contributed by atoms with Gasteiger partial charge in [0.05, 0.1) is 6.61 Å². The van der Waals surface area contributed by atoms with Crippen LogP contribution >= 0.6 is 0 Å². The number of hydrogen-bond donors (Lipinski definition) is 0. The maximum atomic E-state index is 12.3. The van der Waals surface area contributed by atoms with Gasteiger partial charge in [0.2, 0.25) is 0 Å². The standard InChI is InChI=1S/C19H27NO2/c1-3-22-19(21)18-17(16-12-8-5-9-13-16)20(18)14(2)15-10-6-4-7-11-15/h4,6-7,10-11,14,16-18H,3,5,8-9,12-13H2,1-2H3/t14-,17-,18-,20?/m1/s1. The van der Waals surface area contributed by atoms with E-state index in [4.69, 9.17) is 4.74 Å². The van der Waals surface area contributed by atoms with Crippen molar-refractivity contribution in [1.29, 1.82) is 0 Å². The van der Waals surface area contributed by atoms with E-state index in [-0.39, 0.29) is 18.1 Å². The van der Waals surface area contributed by atoms with Crippen molar-refractivity contribution in [3.8, 4) is 0 Å². The first-order valence-electron chi connectivity index (χ1n) is 8.73. The molecule has 2 fully saturated rings. The summed E-state index contributed by atoms with van der Waals surface area (Å²) >= 11 is 0. The van der Waals surface area contributed by atoms with Crippen molar-refractivity contribution in [3.63, 3.8) is 0 Å². The summed E-state index contributed by atoms with van der Waals surface area (Å²) in [5.74, 6) is 0.634. The minimum Gasteiger partial charge on any atom is -0.465 e. The molecule has 1 unspecified atom stereocenters. The molecule has 3 rings (SSSR count). The van der Waals surface area contributed by atoms with Crippen molar-refractivity contribution < 1.29 is 9.53 Å². The van der Waals surface area contributed by atoms with E-state index in [2.05, 4.69) is 36.1 Å². The maximum Gasteiger partial charge on any atom is 0.325 e. The average Bonchev–Trinajstić information content (AvgIpc) is 3.32. The van der Waals surface area contributed by atoms with Crippen molar-refractivity contribution in [2.75, 3.05) is 6.61 Å². The van der Waals surface area contributed by atoms with Crippen LogP contribution in [0, 0.1) is 5.92 Å². The fraction of sp³-hybridized carbons (Fsp3) is 0.632. The zero-order valence-electron chi connectivity index (χ0n) is 13.7. The number of nitrogens with zero attached hydrogens (tertiary/aromatic N) is 1. The molecule has 1 heterocycles. The highest BCUT2D eigenvalue weighted by molar-refractivity contribution is 5.80. The van der Waals surface area contributed by atoms with Crippen LogP contribution in [0.2, 0.25) is 0 Å². The van der Waals surface area contributed by atoms with Crippen LogP contribution in [0.15, 0.2) is 30.3 Å². The van der Waals surface area contributed by atoms with Gasteiger partial charge in [-0.25, -0.2) is 0 Å². The lowest BCUT2D eigenvalue weighted by Crippen LogP contribution is -2.20. The lowest BCUT2D eigenvalue weighted by Gasteiger charge is -2.23. The van der Waals surface area contributed by atoms with E-state index in [0.717, 1.165) is 0 Å². The second kappa shape index (κ2) is 6.82. The third-order valence-corrected chi connectivity index (χ3v) is 5.29. The number of ether oxygens (including phenoxy) is 1. The second-order valence-electron chi connectivity index (χ2n) is 6.62. The van der Waals surface area contributed by atoms with Crippen LogP contribution in [0.25, 0.3) is 0 Å². The summed E-state index contributed by atoms with van der Waals surface area (Å²) in [6, 6.07) is 11.1. The molecular weight excluding hydrogens is 274 g/mol. The first-order chi connectivity index (χ1) is 10.7. The molecule has 3 nitrogen and oxygen atoms in total. The molecular formula is C19H27NO2. The number of benzene rings is 1. The predicted molar refractivity (Wildman–Crippen MR) is 87.5 cm³/mol. The van der Waals surface area contributed by atoms with Crippen molar-refractivity contribution in [1.82, 2.24) is 4.90 Å². The summed E-state index contributed by atoms with van der Waals surface area (Å²) < 4.78 is 5.32. The molecule has 0 radical (unpaired) electrons. The Hall–Kier alpha value is -1.35. The van der Waals surface area contributed by atoms with Crippen LogP contribution in [-0.2, 0) is 9.53 Å². The number of esters is 1. The van der Waals surface area contributed by atoms with Gasteiger partial charge < -0.3 is 4.74 Å². The molecule has 22 heavy (non-hydrogen) atoms. The summed E-state index contributed by atoms with van der Waals surface area (Å²) in [5, 5.41) is 0. The molecule has 1 aliphatic heterocycles. The monoisotopic (exact) mass is 301 g/mol. The third-order valence-electron chi connectivity index (χ3n) is 5.29. The predicted octanol–water partition coefficient (Wildman–Crippen LogP) is 3.94. The Balaban J connectivity index is 1.76. The van der Waals surface area contributed by atoms with Gasteiger partial charge in [0, 0.05) is 12.1 Å². The molecule has 0 aromatic heterocycles. The molecule has 0 amide bonds. The molecule has 1 aromatic carbocycles. The molecule has 2 aliphatic rings. The molecule has 3 heteroatoms. The lowest BCUT2D eigenvalue weighted by molar-refractivity contribution is -0.143. The van der Waals surface area contributed by atoms with Crippen molar-refractivity contribution in [3.05, 3.63) is 35.9 Å². The van der Waals surface area contributed by atoms with E-state index in [9.17, 15) is 4.79 Å². The minimum absolute atomic E-state index is 0.0270. The van der Waals surface area contributed by atoms with Crippen LogP contribution in [0.4, 0.5) is 0 Å². The largest absolute Gasteiger partial charge is 0.465 e. The van der Waals surface area contributed by atoms with E-state index in [1.807, 2.05) is 13.0 Å². The summed E-state index contributed by atoms with van der Waals surface area (Å²) in [7, 11) is 0. The van der Waals surface area contributed by atoms with E-state index in [1.54, 1.807) is 0 Å². The van der Waals surface area contributed by atoms with E-state index in [1.165, 1.54) is 37.7 Å². The summed E-state index contributed by atoms with van der Waals surface area (Å²) in [4.78, 5) is 14.7. The van der Waals surface area contributed by atoms with Gasteiger partial charge in [-0.15, -0.1) is 0 Å². The molecule has 1 aliphatic carbocycles. The van der Waals surface area contributed by atoms with E-state index in [0.29, 0.717) is 18.6 Å². The smallest absolute Gasteiger partial charge is 0.325 e. The molecule has 0 N–H and O–H groups in total. The van der Waals surface area contributed by atoms with Gasteiger partial charge in [-0.1, -0.05) is 49.6 Å². The van der Waals surface area contributed by atoms with Crippen LogP contribution < -0.4 is 0 Å². The van der Waals surface area contributed by atoms with Crippen molar-refractivity contribution >= 4 is 5.97 Å². The van der Waals surface area contributed by atoms with Gasteiger partial charge in [0.25, 0.3) is 0 Å². The van der Waals surface area contributed by atoms with E-state index < -0.39 is 0 Å². The van der Waals surface area contributed by atoms with Gasteiger partial charge in [-0.05, 0) is 38.2 Å². The van der Waals surface area contributed by atoms with Crippen LogP contribution in [0.3, 0.4) is 0 Å². The van der Waals surface area contributed by atoms with E-state index >= 15 is 0 Å². The zero-order valence-corrected chi connectivity index (χ0v) is 13.7. The molecule has 4 atom stereocenters. The fourth-order valence-corrected chi connectivity index (χ4v) is 4.14. The Labute approximate surface area is 133 Å². The van der Waals surface area contributed by atoms with Gasteiger partial charge >= 0.3 is 5.97 Å². The van der Waals surface area contributed by atoms with Gasteiger partial charge in [-0.2, -0.15) is 0 Å². The van der Waals surface area contributed by atoms with Crippen LogP contribution in [0.1, 0.15) is 57.6 Å². The normalized spacial score (nSPS) is 29.8. The maximum absolute atomic E-state index is 12.3. The number of rotatable bonds is 5. The Morgan fingerprint density at radius 3 is 2.55 bits per heavy atom. The second-order valence-corrected chi connectivity index (χ2v) is 6.62. The Bertz CT molecular complexity index is 495. The van der Waals surface area contributed by atoms with Crippen molar-refractivity contribution in [2.24, 2.45) is 5.92 Å². The van der Waals surface area contributed by atoms with Crippen LogP contribution in [-0.4, -0.2) is 29.6 Å². The zero-order chi connectivity index (χ0) is 15.5. The topological polar surface area (TPSA) is 29.3 Å². The average molecular weight is 301 g/mol. The Morgan fingerprint density at radius 2 is 1.91 bits per heavy atom. The molecule has 120 valence electrons. The lowest BCUT2D eigenvalue weighted by atomic mass is 9.85. The minimum atomic E-state index is -0.0294. The summed E-state index contributed by atoms with van der Waals surface area (Å²) in [6.45, 7) is 4.57. The highest BCUT2D eigenvalue weighted by Gasteiger charge is 2.58. The highest BCUT2D eigenvalue weighted by atomic mass is 16.5. The Kier molecular flexibility index (Phi) is 4.82. The third kappa shape index (κ3) is 3.05. The summed E-state index contributed by atoms with van der Waals surface area (Å²) in [6.07, 6.45) is 6.49. The molecule has 1 saturated carbocycles. The highest BCUT2D eigenvalue weighted by Crippen LogP contribution is 2.47. The number of hydrogen-bond acceptors (Lipinski definition) is 3. The summed E-state index contributed by atoms with van der Waals surface area (Å²) in [5.41, 5.74) is 1.29. The SMILES string of the molecule is CCOC(=O)[C@H]1[C@@H](C2CCCCC2)N1[C@H](C)c1ccccc1. The number of carbonyl (C=O) groups is 1. The number of carbonyl (C=O) groups excluding carboxylic acids is 1. The molecule has 0 bridgehead atoms. The molecule has 1 aromatic rings.